The number of amides is 1. The van der Waals surface area contributed by atoms with E-state index in [0.717, 1.165) is 0 Å². The van der Waals surface area contributed by atoms with E-state index in [0.29, 0.717) is 24.7 Å². The Kier molecular flexibility index (Phi) is 3.87. The van der Waals surface area contributed by atoms with E-state index in [9.17, 15) is 4.79 Å². The molecule has 0 bridgehead atoms. The van der Waals surface area contributed by atoms with Gasteiger partial charge in [0.1, 0.15) is 5.60 Å². The van der Waals surface area contributed by atoms with Gasteiger partial charge in [0.15, 0.2) is 5.82 Å². The summed E-state index contributed by atoms with van der Waals surface area (Å²) >= 11 is 0. The molecule has 0 aliphatic rings. The highest BCUT2D eigenvalue weighted by Crippen LogP contribution is 2.06. The lowest BCUT2D eigenvalue weighted by molar-refractivity contribution is 0.0527. The van der Waals surface area contributed by atoms with Gasteiger partial charge in [0.2, 0.25) is 5.89 Å². The predicted molar refractivity (Wildman–Crippen MR) is 57.0 cm³/mol. The largest absolute Gasteiger partial charge is 0.444 e. The van der Waals surface area contributed by atoms with Crippen LogP contribution in [-0.4, -0.2) is 28.4 Å². The second-order valence-electron chi connectivity index (χ2n) is 4.41. The molecule has 6 heteroatoms. The van der Waals surface area contributed by atoms with Gasteiger partial charge in [0.05, 0.1) is 0 Å². The molecule has 0 unspecified atom stereocenters. The number of hydrogen-bond acceptors (Lipinski definition) is 5. The minimum absolute atomic E-state index is 0.413. The zero-order chi connectivity index (χ0) is 12.2. The first-order chi connectivity index (χ1) is 7.37. The highest BCUT2D eigenvalue weighted by atomic mass is 16.6. The predicted octanol–water partition coefficient (Wildman–Crippen LogP) is 1.45. The number of aryl methyl sites for hydroxylation is 1. The van der Waals surface area contributed by atoms with Crippen LogP contribution in [0.3, 0.4) is 0 Å². The van der Waals surface area contributed by atoms with Crippen LogP contribution in [-0.2, 0) is 11.2 Å². The number of carbonyl (C=O) groups is 1. The van der Waals surface area contributed by atoms with Crippen molar-refractivity contribution >= 4 is 6.09 Å². The summed E-state index contributed by atoms with van der Waals surface area (Å²) in [6, 6.07) is 0. The molecule has 0 aromatic carbocycles. The average molecular weight is 227 g/mol. The Morgan fingerprint density at radius 3 is 2.69 bits per heavy atom. The second-order valence-corrected chi connectivity index (χ2v) is 4.41. The summed E-state index contributed by atoms with van der Waals surface area (Å²) in [7, 11) is 0. The van der Waals surface area contributed by atoms with Gasteiger partial charge in [-0.05, 0) is 27.7 Å². The highest BCUT2D eigenvalue weighted by Gasteiger charge is 2.15. The summed E-state index contributed by atoms with van der Waals surface area (Å²) in [6.45, 7) is 7.60. The monoisotopic (exact) mass is 227 g/mol. The molecule has 1 aromatic heterocycles. The van der Waals surface area contributed by atoms with E-state index < -0.39 is 11.7 Å². The zero-order valence-corrected chi connectivity index (χ0v) is 10.0. The van der Waals surface area contributed by atoms with Crippen LogP contribution in [0.2, 0.25) is 0 Å². The van der Waals surface area contributed by atoms with Crippen LogP contribution in [0, 0.1) is 6.92 Å². The third kappa shape index (κ3) is 4.77. The SMILES string of the molecule is Cc1noc(CCNC(=O)OC(C)(C)C)n1. The number of hydrogen-bond donors (Lipinski definition) is 1. The molecule has 0 radical (unpaired) electrons. The van der Waals surface area contributed by atoms with Gasteiger partial charge in [-0.1, -0.05) is 5.16 Å². The van der Waals surface area contributed by atoms with Crippen molar-refractivity contribution in [3.8, 4) is 0 Å². The minimum atomic E-state index is -0.481. The van der Waals surface area contributed by atoms with Crippen molar-refractivity contribution in [2.75, 3.05) is 6.54 Å². The molecule has 1 rings (SSSR count). The van der Waals surface area contributed by atoms with Crippen molar-refractivity contribution in [3.63, 3.8) is 0 Å². The van der Waals surface area contributed by atoms with Crippen LogP contribution < -0.4 is 5.32 Å². The number of rotatable bonds is 3. The Balaban J connectivity index is 2.23. The summed E-state index contributed by atoms with van der Waals surface area (Å²) < 4.78 is 9.96. The number of ether oxygens (including phenoxy) is 1. The molecule has 1 aromatic rings. The van der Waals surface area contributed by atoms with Gasteiger partial charge in [-0.3, -0.25) is 0 Å². The van der Waals surface area contributed by atoms with Crippen molar-refractivity contribution in [1.29, 1.82) is 0 Å². The van der Waals surface area contributed by atoms with Gasteiger partial charge in [0, 0.05) is 13.0 Å². The number of carbonyl (C=O) groups excluding carboxylic acids is 1. The summed E-state index contributed by atoms with van der Waals surface area (Å²) in [6.07, 6.45) is 0.0591. The van der Waals surface area contributed by atoms with Crippen molar-refractivity contribution in [3.05, 3.63) is 11.7 Å². The van der Waals surface area contributed by atoms with E-state index in [2.05, 4.69) is 15.5 Å². The molecule has 0 atom stereocenters. The maximum absolute atomic E-state index is 11.3. The lowest BCUT2D eigenvalue weighted by Crippen LogP contribution is -2.33. The van der Waals surface area contributed by atoms with E-state index in [1.807, 2.05) is 20.8 Å². The number of nitrogens with one attached hydrogen (secondary N) is 1. The summed E-state index contributed by atoms with van der Waals surface area (Å²) in [5.41, 5.74) is -0.481. The minimum Gasteiger partial charge on any atom is -0.444 e. The normalized spacial score (nSPS) is 11.2. The van der Waals surface area contributed by atoms with Crippen LogP contribution in [0.4, 0.5) is 4.79 Å². The molecule has 1 heterocycles. The molecular formula is C10H17N3O3. The highest BCUT2D eigenvalue weighted by molar-refractivity contribution is 5.67. The first-order valence-electron chi connectivity index (χ1n) is 5.13. The summed E-state index contributed by atoms with van der Waals surface area (Å²) in [5.74, 6) is 1.10. The Labute approximate surface area is 94.4 Å². The Hall–Kier alpha value is -1.59. The average Bonchev–Trinajstić information content (AvgIpc) is 2.48. The van der Waals surface area contributed by atoms with Gasteiger partial charge in [-0.15, -0.1) is 0 Å². The molecule has 1 amide bonds. The zero-order valence-electron chi connectivity index (χ0n) is 10.0. The van der Waals surface area contributed by atoms with Crippen LogP contribution in [0.25, 0.3) is 0 Å². The standard InChI is InChI=1S/C10H17N3O3/c1-7-12-8(16-13-7)5-6-11-9(14)15-10(2,3)4/h5-6H2,1-4H3,(H,11,14). The Morgan fingerprint density at radius 1 is 1.50 bits per heavy atom. The van der Waals surface area contributed by atoms with Crippen molar-refractivity contribution in [2.24, 2.45) is 0 Å². The van der Waals surface area contributed by atoms with Crippen LogP contribution in [0.1, 0.15) is 32.5 Å². The molecule has 1 N–H and O–H groups in total. The summed E-state index contributed by atoms with van der Waals surface area (Å²) in [5, 5.41) is 6.25. The summed E-state index contributed by atoms with van der Waals surface area (Å²) in [4.78, 5) is 15.3. The Bertz CT molecular complexity index is 354. The number of alkyl carbamates (subject to hydrolysis) is 1. The molecule has 0 saturated carbocycles. The fourth-order valence-corrected chi connectivity index (χ4v) is 1.03. The quantitative estimate of drug-likeness (QED) is 0.845. The van der Waals surface area contributed by atoms with Crippen LogP contribution >= 0.6 is 0 Å². The van der Waals surface area contributed by atoms with E-state index >= 15 is 0 Å². The van der Waals surface area contributed by atoms with Gasteiger partial charge >= 0.3 is 6.09 Å². The van der Waals surface area contributed by atoms with E-state index in [1.54, 1.807) is 6.92 Å². The Morgan fingerprint density at radius 2 is 2.19 bits per heavy atom. The molecule has 6 nitrogen and oxygen atoms in total. The van der Waals surface area contributed by atoms with Crippen LogP contribution in [0.15, 0.2) is 4.52 Å². The fourth-order valence-electron chi connectivity index (χ4n) is 1.03. The van der Waals surface area contributed by atoms with Crippen molar-refractivity contribution in [1.82, 2.24) is 15.5 Å². The number of aromatic nitrogens is 2. The van der Waals surface area contributed by atoms with Gasteiger partial charge < -0.3 is 14.6 Å². The number of nitrogens with zero attached hydrogens (tertiary/aromatic N) is 2. The van der Waals surface area contributed by atoms with Crippen molar-refractivity contribution in [2.45, 2.75) is 39.7 Å². The third-order valence-corrected chi connectivity index (χ3v) is 1.58. The van der Waals surface area contributed by atoms with Gasteiger partial charge in [-0.2, -0.15) is 4.98 Å². The molecule has 0 aliphatic heterocycles. The lowest BCUT2D eigenvalue weighted by Gasteiger charge is -2.19. The molecule has 90 valence electrons. The molecule has 0 spiro atoms. The molecule has 0 aliphatic carbocycles. The second kappa shape index (κ2) is 4.96. The fraction of sp³-hybridized carbons (Fsp3) is 0.700. The molecule has 16 heavy (non-hydrogen) atoms. The van der Waals surface area contributed by atoms with Gasteiger partial charge in [0.25, 0.3) is 0 Å². The van der Waals surface area contributed by atoms with Crippen molar-refractivity contribution < 1.29 is 14.1 Å². The third-order valence-electron chi connectivity index (χ3n) is 1.58. The van der Waals surface area contributed by atoms with Crippen LogP contribution in [0.5, 0.6) is 0 Å². The van der Waals surface area contributed by atoms with Gasteiger partial charge in [-0.25, -0.2) is 4.79 Å². The van der Waals surface area contributed by atoms with E-state index in [4.69, 9.17) is 9.26 Å². The smallest absolute Gasteiger partial charge is 0.407 e. The molecule has 0 fully saturated rings. The van der Waals surface area contributed by atoms with E-state index in [1.165, 1.54) is 0 Å². The molecule has 0 saturated heterocycles. The maximum atomic E-state index is 11.3. The lowest BCUT2D eigenvalue weighted by atomic mass is 10.2. The molecular weight excluding hydrogens is 210 g/mol. The van der Waals surface area contributed by atoms with E-state index in [-0.39, 0.29) is 0 Å². The first-order valence-corrected chi connectivity index (χ1v) is 5.13. The first kappa shape index (κ1) is 12.5. The maximum Gasteiger partial charge on any atom is 0.407 e. The topological polar surface area (TPSA) is 77.2 Å².